The minimum Gasteiger partial charge on any atom is -0.388 e. The topological polar surface area (TPSA) is 84.4 Å². The van der Waals surface area contributed by atoms with Crippen LogP contribution in [-0.4, -0.2) is 49.3 Å². The molecule has 1 aliphatic heterocycles. The third kappa shape index (κ3) is 3.84. The molecule has 0 aliphatic carbocycles. The van der Waals surface area contributed by atoms with Gasteiger partial charge in [-0.05, 0) is 25.2 Å². The van der Waals surface area contributed by atoms with E-state index in [0.717, 1.165) is 12.1 Å². The molecule has 1 amide bonds. The molecule has 7 heteroatoms. The number of likely N-dealkylation sites (tertiary alicyclic amines) is 1. The number of hydrogen-bond donors (Lipinski definition) is 1. The van der Waals surface area contributed by atoms with E-state index in [9.17, 15) is 9.90 Å². The zero-order valence-corrected chi connectivity index (χ0v) is 14.2. The van der Waals surface area contributed by atoms with Crippen molar-refractivity contribution >= 4 is 5.91 Å². The highest BCUT2D eigenvalue weighted by Gasteiger charge is 2.35. The molecular weight excluding hydrogens is 308 g/mol. The van der Waals surface area contributed by atoms with Crippen molar-refractivity contribution < 1.29 is 14.4 Å². The van der Waals surface area contributed by atoms with Crippen molar-refractivity contribution in [1.82, 2.24) is 19.6 Å². The fourth-order valence-corrected chi connectivity index (χ4v) is 3.09. The Morgan fingerprint density at radius 2 is 2.17 bits per heavy atom. The standard InChI is InChI=1S/C17H24N4O3/c1-13(2)9-14-10-15(24-19-14)16(22)21-6-3-17(23,4-7-21)11-20-8-5-18-12-20/h5,8,10,12-13,23H,3-4,6-7,9,11H2,1-2H3. The van der Waals surface area contributed by atoms with E-state index in [1.807, 2.05) is 10.8 Å². The zero-order valence-electron chi connectivity index (χ0n) is 14.2. The van der Waals surface area contributed by atoms with E-state index in [1.54, 1.807) is 23.5 Å². The average molecular weight is 332 g/mol. The molecule has 24 heavy (non-hydrogen) atoms. The third-order valence-electron chi connectivity index (χ3n) is 4.40. The molecule has 2 aromatic heterocycles. The molecule has 130 valence electrons. The van der Waals surface area contributed by atoms with E-state index in [1.165, 1.54) is 0 Å². The molecule has 0 bridgehead atoms. The van der Waals surface area contributed by atoms with Crippen LogP contribution in [0.25, 0.3) is 0 Å². The number of nitrogens with zero attached hydrogens (tertiary/aromatic N) is 4. The monoisotopic (exact) mass is 332 g/mol. The van der Waals surface area contributed by atoms with Crippen LogP contribution in [0.1, 0.15) is 42.9 Å². The van der Waals surface area contributed by atoms with Crippen LogP contribution in [0.5, 0.6) is 0 Å². The van der Waals surface area contributed by atoms with Gasteiger partial charge in [-0.25, -0.2) is 4.98 Å². The molecule has 7 nitrogen and oxygen atoms in total. The van der Waals surface area contributed by atoms with Gasteiger partial charge in [0.05, 0.1) is 24.2 Å². The number of imidazole rings is 1. The predicted octanol–water partition coefficient (Wildman–Crippen LogP) is 1.74. The van der Waals surface area contributed by atoms with Crippen LogP contribution in [0.15, 0.2) is 29.3 Å². The van der Waals surface area contributed by atoms with E-state index in [2.05, 4.69) is 24.0 Å². The molecule has 0 spiro atoms. The van der Waals surface area contributed by atoms with E-state index in [-0.39, 0.29) is 11.7 Å². The number of aromatic nitrogens is 3. The lowest BCUT2D eigenvalue weighted by molar-refractivity contribution is -0.0298. The van der Waals surface area contributed by atoms with Gasteiger partial charge in [-0.1, -0.05) is 19.0 Å². The molecule has 2 aromatic rings. The van der Waals surface area contributed by atoms with Crippen LogP contribution >= 0.6 is 0 Å². The van der Waals surface area contributed by atoms with Crippen molar-refractivity contribution in [3.63, 3.8) is 0 Å². The van der Waals surface area contributed by atoms with Gasteiger partial charge in [0.25, 0.3) is 5.91 Å². The van der Waals surface area contributed by atoms with Gasteiger partial charge < -0.3 is 19.1 Å². The quantitative estimate of drug-likeness (QED) is 0.901. The van der Waals surface area contributed by atoms with Crippen LogP contribution in [0.4, 0.5) is 0 Å². The van der Waals surface area contributed by atoms with Crippen molar-refractivity contribution in [3.05, 3.63) is 36.2 Å². The van der Waals surface area contributed by atoms with Crippen molar-refractivity contribution in [2.75, 3.05) is 13.1 Å². The number of carbonyl (C=O) groups excluding carboxylic acids is 1. The molecule has 0 unspecified atom stereocenters. The molecule has 0 atom stereocenters. The molecule has 3 rings (SSSR count). The summed E-state index contributed by atoms with van der Waals surface area (Å²) < 4.78 is 7.07. The molecule has 3 heterocycles. The van der Waals surface area contributed by atoms with Crippen LogP contribution in [0.3, 0.4) is 0 Å². The Hall–Kier alpha value is -2.15. The van der Waals surface area contributed by atoms with E-state index in [4.69, 9.17) is 4.52 Å². The van der Waals surface area contributed by atoms with Crippen molar-refractivity contribution in [2.24, 2.45) is 5.92 Å². The second kappa shape index (κ2) is 6.76. The maximum atomic E-state index is 12.5. The Morgan fingerprint density at radius 1 is 1.42 bits per heavy atom. The van der Waals surface area contributed by atoms with Gasteiger partial charge in [-0.3, -0.25) is 4.79 Å². The van der Waals surface area contributed by atoms with Crippen LogP contribution in [-0.2, 0) is 13.0 Å². The van der Waals surface area contributed by atoms with Gasteiger partial charge in [-0.15, -0.1) is 0 Å². The van der Waals surface area contributed by atoms with Gasteiger partial charge in [0.15, 0.2) is 0 Å². The number of rotatable bonds is 5. The predicted molar refractivity (Wildman–Crippen MR) is 87.4 cm³/mol. The summed E-state index contributed by atoms with van der Waals surface area (Å²) in [5.41, 5.74) is 0.00351. The number of aliphatic hydroxyl groups is 1. The maximum Gasteiger partial charge on any atom is 0.292 e. The normalized spacial score (nSPS) is 17.4. The van der Waals surface area contributed by atoms with Crippen LogP contribution in [0.2, 0.25) is 0 Å². The van der Waals surface area contributed by atoms with Gasteiger partial charge in [0.1, 0.15) is 0 Å². The van der Waals surface area contributed by atoms with Crippen molar-refractivity contribution in [3.8, 4) is 0 Å². The van der Waals surface area contributed by atoms with Gasteiger partial charge in [0.2, 0.25) is 5.76 Å². The SMILES string of the molecule is CC(C)Cc1cc(C(=O)N2CCC(O)(Cn3ccnc3)CC2)on1. The van der Waals surface area contributed by atoms with Crippen LogP contribution in [0, 0.1) is 5.92 Å². The number of amides is 1. The summed E-state index contributed by atoms with van der Waals surface area (Å²) in [6.45, 7) is 5.70. The highest BCUT2D eigenvalue weighted by Crippen LogP contribution is 2.25. The molecule has 0 saturated carbocycles. The van der Waals surface area contributed by atoms with Crippen molar-refractivity contribution in [2.45, 2.75) is 45.3 Å². The Morgan fingerprint density at radius 3 is 2.79 bits per heavy atom. The Balaban J connectivity index is 1.57. The van der Waals surface area contributed by atoms with Gasteiger partial charge in [-0.2, -0.15) is 0 Å². The first-order valence-electron chi connectivity index (χ1n) is 8.38. The minimum atomic E-state index is -0.804. The molecule has 1 saturated heterocycles. The lowest BCUT2D eigenvalue weighted by Crippen LogP contribution is -2.48. The van der Waals surface area contributed by atoms with Crippen LogP contribution < -0.4 is 0 Å². The molecule has 1 N–H and O–H groups in total. The molecule has 1 aliphatic rings. The summed E-state index contributed by atoms with van der Waals surface area (Å²) in [6, 6.07) is 1.73. The largest absolute Gasteiger partial charge is 0.388 e. The molecule has 0 radical (unpaired) electrons. The first-order valence-corrected chi connectivity index (χ1v) is 8.38. The first kappa shape index (κ1) is 16.7. The molecular formula is C17H24N4O3. The van der Waals surface area contributed by atoms with E-state index in [0.29, 0.717) is 38.4 Å². The molecule has 0 aromatic carbocycles. The van der Waals surface area contributed by atoms with Gasteiger partial charge in [0, 0.05) is 31.5 Å². The summed E-state index contributed by atoms with van der Waals surface area (Å²) >= 11 is 0. The second-order valence-corrected chi connectivity index (χ2v) is 7.03. The first-order chi connectivity index (χ1) is 11.5. The maximum absolute atomic E-state index is 12.5. The highest BCUT2D eigenvalue weighted by molar-refractivity contribution is 5.91. The highest BCUT2D eigenvalue weighted by atomic mass is 16.5. The molecule has 1 fully saturated rings. The Labute approximate surface area is 141 Å². The average Bonchev–Trinajstić information content (AvgIpc) is 3.18. The number of piperidine rings is 1. The summed E-state index contributed by atoms with van der Waals surface area (Å²) in [6.07, 6.45) is 7.08. The van der Waals surface area contributed by atoms with Crippen molar-refractivity contribution in [1.29, 1.82) is 0 Å². The third-order valence-corrected chi connectivity index (χ3v) is 4.40. The Kier molecular flexibility index (Phi) is 4.71. The minimum absolute atomic E-state index is 0.151. The number of hydrogen-bond acceptors (Lipinski definition) is 5. The number of carbonyl (C=O) groups is 1. The lowest BCUT2D eigenvalue weighted by Gasteiger charge is -2.37. The van der Waals surface area contributed by atoms with E-state index < -0.39 is 5.60 Å². The Bertz CT molecular complexity index is 670. The van der Waals surface area contributed by atoms with Gasteiger partial charge >= 0.3 is 0 Å². The summed E-state index contributed by atoms with van der Waals surface area (Å²) in [5, 5.41) is 14.7. The lowest BCUT2D eigenvalue weighted by atomic mass is 9.91. The summed E-state index contributed by atoms with van der Waals surface area (Å²) in [7, 11) is 0. The summed E-state index contributed by atoms with van der Waals surface area (Å²) in [5.74, 6) is 0.596. The smallest absolute Gasteiger partial charge is 0.292 e. The fraction of sp³-hybridized carbons (Fsp3) is 0.588. The zero-order chi connectivity index (χ0) is 17.2. The second-order valence-electron chi connectivity index (χ2n) is 7.03. The fourth-order valence-electron chi connectivity index (χ4n) is 3.09. The summed E-state index contributed by atoms with van der Waals surface area (Å²) in [4.78, 5) is 18.2. The van der Waals surface area contributed by atoms with E-state index >= 15 is 0 Å².